The minimum Gasteiger partial charge on any atom is -0.481 e. The van der Waals surface area contributed by atoms with E-state index < -0.39 is 6.10 Å². The van der Waals surface area contributed by atoms with Crippen LogP contribution in [-0.2, 0) is 11.3 Å². The van der Waals surface area contributed by atoms with Gasteiger partial charge < -0.3 is 9.64 Å². The Morgan fingerprint density at radius 1 is 1.04 bits per heavy atom. The van der Waals surface area contributed by atoms with Crippen molar-refractivity contribution >= 4 is 5.91 Å². The minimum absolute atomic E-state index is 0.0768. The van der Waals surface area contributed by atoms with Crippen molar-refractivity contribution in [2.45, 2.75) is 40.3 Å². The van der Waals surface area contributed by atoms with Crippen LogP contribution in [0.3, 0.4) is 0 Å². The second-order valence-corrected chi connectivity index (χ2v) is 7.55. The van der Waals surface area contributed by atoms with Crippen molar-refractivity contribution in [3.05, 3.63) is 64.7 Å². The molecule has 1 unspecified atom stereocenters. The second kappa shape index (κ2) is 8.57. The van der Waals surface area contributed by atoms with Gasteiger partial charge >= 0.3 is 0 Å². The lowest BCUT2D eigenvalue weighted by molar-refractivity contribution is -0.139. The van der Waals surface area contributed by atoms with E-state index in [1.807, 2.05) is 30.9 Å². The van der Waals surface area contributed by atoms with Crippen molar-refractivity contribution in [2.24, 2.45) is 0 Å². The summed E-state index contributed by atoms with van der Waals surface area (Å²) >= 11 is 0. The van der Waals surface area contributed by atoms with Gasteiger partial charge in [0.1, 0.15) is 5.75 Å². The predicted octanol–water partition coefficient (Wildman–Crippen LogP) is 3.72. The maximum absolute atomic E-state index is 12.8. The lowest BCUT2D eigenvalue weighted by Gasteiger charge is -2.36. The summed E-state index contributed by atoms with van der Waals surface area (Å²) in [6.45, 7) is 12.3. The first-order chi connectivity index (χ1) is 12.9. The van der Waals surface area contributed by atoms with E-state index in [9.17, 15) is 4.79 Å². The van der Waals surface area contributed by atoms with Gasteiger partial charge in [0.2, 0.25) is 0 Å². The standard InChI is InChI=1S/C23H30N2O2/c1-17-14-18(2)19(3)22(15-17)27-20(4)23(26)25-12-10-24(11-13-25)16-21-8-6-5-7-9-21/h5-9,14-15,20H,10-13,16H2,1-4H3. The fourth-order valence-corrected chi connectivity index (χ4v) is 3.59. The van der Waals surface area contributed by atoms with E-state index in [-0.39, 0.29) is 5.91 Å². The Balaban J connectivity index is 1.54. The molecule has 0 spiro atoms. The van der Waals surface area contributed by atoms with Crippen LogP contribution in [0.15, 0.2) is 42.5 Å². The van der Waals surface area contributed by atoms with Crippen LogP contribution in [0.5, 0.6) is 5.75 Å². The number of hydrogen-bond donors (Lipinski definition) is 0. The van der Waals surface area contributed by atoms with Crippen LogP contribution in [0.2, 0.25) is 0 Å². The van der Waals surface area contributed by atoms with E-state index in [1.165, 1.54) is 11.1 Å². The van der Waals surface area contributed by atoms with Gasteiger partial charge in [0.05, 0.1) is 0 Å². The van der Waals surface area contributed by atoms with Crippen LogP contribution in [-0.4, -0.2) is 48.0 Å². The van der Waals surface area contributed by atoms with Gasteiger partial charge in [-0.2, -0.15) is 0 Å². The number of carbonyl (C=O) groups is 1. The molecule has 144 valence electrons. The fourth-order valence-electron chi connectivity index (χ4n) is 3.59. The van der Waals surface area contributed by atoms with Crippen LogP contribution in [0.1, 0.15) is 29.2 Å². The average Bonchev–Trinajstić information content (AvgIpc) is 2.66. The summed E-state index contributed by atoms with van der Waals surface area (Å²) in [6.07, 6.45) is -0.467. The van der Waals surface area contributed by atoms with Gasteiger partial charge in [0.15, 0.2) is 6.10 Å². The first-order valence-corrected chi connectivity index (χ1v) is 9.73. The van der Waals surface area contributed by atoms with Gasteiger partial charge in [-0.25, -0.2) is 0 Å². The van der Waals surface area contributed by atoms with Crippen LogP contribution in [0.4, 0.5) is 0 Å². The van der Waals surface area contributed by atoms with Crippen molar-refractivity contribution < 1.29 is 9.53 Å². The highest BCUT2D eigenvalue weighted by atomic mass is 16.5. The molecule has 1 saturated heterocycles. The van der Waals surface area contributed by atoms with Crippen molar-refractivity contribution in [1.29, 1.82) is 0 Å². The Hall–Kier alpha value is -2.33. The molecule has 0 aromatic heterocycles. The molecule has 1 heterocycles. The fraction of sp³-hybridized carbons (Fsp3) is 0.435. The van der Waals surface area contributed by atoms with Gasteiger partial charge in [-0.15, -0.1) is 0 Å². The molecule has 1 aliphatic heterocycles. The van der Waals surface area contributed by atoms with Crippen molar-refractivity contribution in [1.82, 2.24) is 9.80 Å². The van der Waals surface area contributed by atoms with Gasteiger partial charge in [-0.3, -0.25) is 9.69 Å². The Labute approximate surface area is 162 Å². The number of carbonyl (C=O) groups excluding carboxylic acids is 1. The van der Waals surface area contributed by atoms with Gasteiger partial charge in [-0.1, -0.05) is 36.4 Å². The number of hydrogen-bond acceptors (Lipinski definition) is 3. The summed E-state index contributed by atoms with van der Waals surface area (Å²) in [7, 11) is 0. The summed E-state index contributed by atoms with van der Waals surface area (Å²) < 4.78 is 6.04. The van der Waals surface area contributed by atoms with Crippen LogP contribution >= 0.6 is 0 Å². The zero-order chi connectivity index (χ0) is 19.4. The van der Waals surface area contributed by atoms with E-state index in [2.05, 4.69) is 49.1 Å². The zero-order valence-electron chi connectivity index (χ0n) is 16.9. The van der Waals surface area contributed by atoms with Crippen LogP contribution in [0.25, 0.3) is 0 Å². The smallest absolute Gasteiger partial charge is 0.263 e. The maximum atomic E-state index is 12.8. The largest absolute Gasteiger partial charge is 0.481 e. The number of amides is 1. The molecule has 1 amide bonds. The van der Waals surface area contributed by atoms with Gasteiger partial charge in [0, 0.05) is 32.7 Å². The first kappa shape index (κ1) is 19.4. The second-order valence-electron chi connectivity index (χ2n) is 7.55. The molecule has 0 bridgehead atoms. The predicted molar refractivity (Wildman–Crippen MR) is 109 cm³/mol. The SMILES string of the molecule is Cc1cc(C)c(C)c(OC(C)C(=O)N2CCN(Cc3ccccc3)CC2)c1. The molecule has 0 N–H and O–H groups in total. The molecule has 0 radical (unpaired) electrons. The molecule has 0 saturated carbocycles. The molecular weight excluding hydrogens is 336 g/mol. The summed E-state index contributed by atoms with van der Waals surface area (Å²) in [4.78, 5) is 17.2. The minimum atomic E-state index is -0.467. The third-order valence-electron chi connectivity index (χ3n) is 5.35. The maximum Gasteiger partial charge on any atom is 0.263 e. The Kier molecular flexibility index (Phi) is 6.17. The van der Waals surface area contributed by atoms with Gasteiger partial charge in [0.25, 0.3) is 5.91 Å². The van der Waals surface area contributed by atoms with E-state index in [0.29, 0.717) is 0 Å². The third-order valence-corrected chi connectivity index (χ3v) is 5.35. The van der Waals surface area contributed by atoms with E-state index in [0.717, 1.165) is 49.6 Å². The molecule has 1 aliphatic rings. The Bertz CT molecular complexity index is 780. The molecule has 27 heavy (non-hydrogen) atoms. The molecule has 0 aliphatic carbocycles. The highest BCUT2D eigenvalue weighted by Gasteiger charge is 2.26. The average molecular weight is 367 g/mol. The lowest BCUT2D eigenvalue weighted by atomic mass is 10.1. The molecular formula is C23H30N2O2. The Morgan fingerprint density at radius 3 is 2.37 bits per heavy atom. The molecule has 3 rings (SSSR count). The summed E-state index contributed by atoms with van der Waals surface area (Å²) in [5.41, 5.74) is 4.77. The highest BCUT2D eigenvalue weighted by molar-refractivity contribution is 5.81. The first-order valence-electron chi connectivity index (χ1n) is 9.73. The summed E-state index contributed by atoms with van der Waals surface area (Å²) in [6, 6.07) is 14.6. The number of benzene rings is 2. The monoisotopic (exact) mass is 366 g/mol. The third kappa shape index (κ3) is 4.89. The van der Waals surface area contributed by atoms with E-state index in [1.54, 1.807) is 0 Å². The molecule has 2 aromatic rings. The lowest BCUT2D eigenvalue weighted by Crippen LogP contribution is -2.51. The number of nitrogens with zero attached hydrogens (tertiary/aromatic N) is 2. The number of aryl methyl sites for hydroxylation is 2. The Morgan fingerprint density at radius 2 is 1.70 bits per heavy atom. The normalized spacial score (nSPS) is 16.2. The summed E-state index contributed by atoms with van der Waals surface area (Å²) in [5, 5.41) is 0. The van der Waals surface area contributed by atoms with Crippen molar-refractivity contribution in [3.63, 3.8) is 0 Å². The highest BCUT2D eigenvalue weighted by Crippen LogP contribution is 2.24. The van der Waals surface area contributed by atoms with Crippen molar-refractivity contribution in [3.8, 4) is 5.75 Å². The zero-order valence-corrected chi connectivity index (χ0v) is 16.9. The molecule has 1 atom stereocenters. The topological polar surface area (TPSA) is 32.8 Å². The molecule has 2 aromatic carbocycles. The molecule has 1 fully saturated rings. The molecule has 4 heteroatoms. The van der Waals surface area contributed by atoms with E-state index in [4.69, 9.17) is 4.74 Å². The van der Waals surface area contributed by atoms with Gasteiger partial charge in [-0.05, 0) is 56.0 Å². The number of piperazine rings is 1. The summed E-state index contributed by atoms with van der Waals surface area (Å²) in [5.74, 6) is 0.893. The van der Waals surface area contributed by atoms with Crippen molar-refractivity contribution in [2.75, 3.05) is 26.2 Å². The van der Waals surface area contributed by atoms with Crippen LogP contribution < -0.4 is 4.74 Å². The van der Waals surface area contributed by atoms with E-state index >= 15 is 0 Å². The molecule has 4 nitrogen and oxygen atoms in total. The number of ether oxygens (including phenoxy) is 1. The number of rotatable bonds is 5. The van der Waals surface area contributed by atoms with Crippen LogP contribution in [0, 0.1) is 20.8 Å². The quantitative estimate of drug-likeness (QED) is 0.808.